The summed E-state index contributed by atoms with van der Waals surface area (Å²) >= 11 is 11.7. The van der Waals surface area contributed by atoms with Gasteiger partial charge in [-0.2, -0.15) is 5.10 Å². The highest BCUT2D eigenvalue weighted by atomic mass is 35.5. The molecule has 0 unspecified atom stereocenters. The third kappa shape index (κ3) is 8.13. The third-order valence-corrected chi connectivity index (χ3v) is 4.59. The van der Waals surface area contributed by atoms with Gasteiger partial charge in [0.05, 0.1) is 22.9 Å². The largest absolute Gasteiger partial charge is 0.494 e. The number of nitrogens with zero attached hydrogens (tertiary/aromatic N) is 1. The summed E-state index contributed by atoms with van der Waals surface area (Å²) in [4.78, 5) is 23.9. The molecule has 0 aliphatic heterocycles. The van der Waals surface area contributed by atoms with E-state index < -0.39 is 0 Å². The molecule has 0 radical (unpaired) electrons. The zero-order chi connectivity index (χ0) is 21.1. The van der Waals surface area contributed by atoms with Crippen molar-refractivity contribution in [3.8, 4) is 5.75 Å². The molecule has 0 spiro atoms. The zero-order valence-corrected chi connectivity index (χ0v) is 17.6. The minimum absolute atomic E-state index is 0.0879. The van der Waals surface area contributed by atoms with Crippen molar-refractivity contribution in [1.82, 2.24) is 10.7 Å². The Hall–Kier alpha value is -2.57. The number of carbonyl (C=O) groups is 2. The van der Waals surface area contributed by atoms with Gasteiger partial charge in [-0.3, -0.25) is 9.59 Å². The molecule has 29 heavy (non-hydrogen) atoms. The molecule has 8 heteroatoms. The second-order valence-corrected chi connectivity index (χ2v) is 7.02. The second-order valence-electron chi connectivity index (χ2n) is 6.20. The van der Waals surface area contributed by atoms with Gasteiger partial charge in [0.25, 0.3) is 5.91 Å². The molecule has 6 nitrogen and oxygen atoms in total. The lowest BCUT2D eigenvalue weighted by Gasteiger charge is -2.06. The van der Waals surface area contributed by atoms with Crippen LogP contribution in [0.4, 0.5) is 0 Å². The van der Waals surface area contributed by atoms with Crippen LogP contribution in [-0.4, -0.2) is 31.2 Å². The predicted molar refractivity (Wildman–Crippen MR) is 116 cm³/mol. The van der Waals surface area contributed by atoms with Crippen LogP contribution in [0.15, 0.2) is 47.6 Å². The van der Waals surface area contributed by atoms with E-state index in [-0.39, 0.29) is 24.8 Å². The number of hydrazone groups is 1. The first-order valence-corrected chi connectivity index (χ1v) is 10.0. The lowest BCUT2D eigenvalue weighted by Crippen LogP contribution is -2.29. The summed E-state index contributed by atoms with van der Waals surface area (Å²) in [6.45, 7) is 2.94. The summed E-state index contributed by atoms with van der Waals surface area (Å²) in [5.74, 6) is 0.115. The Balaban J connectivity index is 1.73. The maximum absolute atomic E-state index is 12.0. The van der Waals surface area contributed by atoms with Crippen molar-refractivity contribution in [2.75, 3.05) is 13.2 Å². The van der Waals surface area contributed by atoms with E-state index in [2.05, 4.69) is 22.8 Å². The summed E-state index contributed by atoms with van der Waals surface area (Å²) in [5.41, 5.74) is 3.62. The van der Waals surface area contributed by atoms with Crippen LogP contribution in [0.5, 0.6) is 5.75 Å². The molecule has 0 fully saturated rings. The molecule has 0 heterocycles. The molecule has 0 aromatic heterocycles. The highest BCUT2D eigenvalue weighted by Gasteiger charge is 2.08. The fourth-order valence-corrected chi connectivity index (χ4v) is 2.58. The number of amides is 2. The molecular formula is C21H23Cl2N3O3. The van der Waals surface area contributed by atoms with E-state index in [0.717, 1.165) is 24.2 Å². The van der Waals surface area contributed by atoms with Crippen molar-refractivity contribution in [3.05, 3.63) is 63.6 Å². The molecule has 2 N–H and O–H groups in total. The standard InChI is InChI=1S/C21H23Cl2N3O3/c1-2-3-11-29-17-6-4-5-15(12-17)14-25-26-20(27)9-10-24-21(28)16-7-8-18(22)19(23)13-16/h4-8,12-14H,2-3,9-11H2,1H3,(H,24,28)(H,26,27). The van der Waals surface area contributed by atoms with Gasteiger partial charge in [0, 0.05) is 18.5 Å². The molecule has 0 saturated carbocycles. The fourth-order valence-electron chi connectivity index (χ4n) is 2.28. The first kappa shape index (κ1) is 22.7. The Kier molecular flexibility index (Phi) is 9.47. The van der Waals surface area contributed by atoms with Crippen LogP contribution < -0.4 is 15.5 Å². The quantitative estimate of drug-likeness (QED) is 0.328. The number of carbonyl (C=O) groups excluding carboxylic acids is 2. The van der Waals surface area contributed by atoms with Crippen molar-refractivity contribution in [2.45, 2.75) is 26.2 Å². The number of hydrogen-bond acceptors (Lipinski definition) is 4. The number of unbranched alkanes of at least 4 members (excludes halogenated alkanes) is 1. The number of nitrogens with one attached hydrogen (secondary N) is 2. The molecular weight excluding hydrogens is 413 g/mol. The molecule has 0 aliphatic rings. The Morgan fingerprint density at radius 2 is 1.97 bits per heavy atom. The number of hydrogen-bond donors (Lipinski definition) is 2. The van der Waals surface area contributed by atoms with Gasteiger partial charge in [-0.1, -0.05) is 48.7 Å². The number of halogens is 2. The van der Waals surface area contributed by atoms with Crippen LogP contribution in [0.25, 0.3) is 0 Å². The highest BCUT2D eigenvalue weighted by Crippen LogP contribution is 2.22. The Morgan fingerprint density at radius 3 is 2.72 bits per heavy atom. The van der Waals surface area contributed by atoms with E-state index in [1.165, 1.54) is 6.07 Å². The van der Waals surface area contributed by atoms with Crippen LogP contribution in [-0.2, 0) is 4.79 Å². The van der Waals surface area contributed by atoms with Crippen LogP contribution in [0.1, 0.15) is 42.1 Å². The van der Waals surface area contributed by atoms with Crippen molar-refractivity contribution in [3.63, 3.8) is 0 Å². The number of rotatable bonds is 10. The fraction of sp³-hybridized carbons (Fsp3) is 0.286. The second kappa shape index (κ2) is 12.1. The van der Waals surface area contributed by atoms with E-state index in [1.54, 1.807) is 18.3 Å². The van der Waals surface area contributed by atoms with Gasteiger partial charge in [-0.25, -0.2) is 5.43 Å². The minimum Gasteiger partial charge on any atom is -0.494 e. The van der Waals surface area contributed by atoms with E-state index in [9.17, 15) is 9.59 Å². The summed E-state index contributed by atoms with van der Waals surface area (Å²) in [6, 6.07) is 12.0. The third-order valence-electron chi connectivity index (χ3n) is 3.85. The summed E-state index contributed by atoms with van der Waals surface area (Å²) < 4.78 is 5.64. The lowest BCUT2D eigenvalue weighted by molar-refractivity contribution is -0.120. The molecule has 2 aromatic carbocycles. The molecule has 0 bridgehead atoms. The van der Waals surface area contributed by atoms with Crippen LogP contribution >= 0.6 is 23.2 Å². The molecule has 0 aliphatic carbocycles. The van der Waals surface area contributed by atoms with Crippen molar-refractivity contribution in [2.24, 2.45) is 5.10 Å². The van der Waals surface area contributed by atoms with Gasteiger partial charge in [-0.05, 0) is 42.3 Å². The molecule has 154 valence electrons. The maximum Gasteiger partial charge on any atom is 0.251 e. The highest BCUT2D eigenvalue weighted by molar-refractivity contribution is 6.42. The van der Waals surface area contributed by atoms with Gasteiger partial charge in [0.2, 0.25) is 5.91 Å². The van der Waals surface area contributed by atoms with Gasteiger partial charge in [0.15, 0.2) is 0 Å². The predicted octanol–water partition coefficient (Wildman–Crippen LogP) is 4.44. The summed E-state index contributed by atoms with van der Waals surface area (Å²) in [7, 11) is 0. The van der Waals surface area contributed by atoms with Crippen molar-refractivity contribution in [1.29, 1.82) is 0 Å². The maximum atomic E-state index is 12.0. The molecule has 2 aromatic rings. The summed E-state index contributed by atoms with van der Waals surface area (Å²) in [6.07, 6.45) is 3.69. The smallest absolute Gasteiger partial charge is 0.251 e. The van der Waals surface area contributed by atoms with Crippen LogP contribution in [0.3, 0.4) is 0 Å². The summed E-state index contributed by atoms with van der Waals surface area (Å²) in [5, 5.41) is 7.25. The van der Waals surface area contributed by atoms with Crippen molar-refractivity contribution >= 4 is 41.2 Å². The number of benzene rings is 2. The monoisotopic (exact) mass is 435 g/mol. The lowest BCUT2D eigenvalue weighted by atomic mass is 10.2. The normalized spacial score (nSPS) is 10.7. The minimum atomic E-state index is -0.334. The Labute approximate surface area is 180 Å². The van der Waals surface area contributed by atoms with E-state index >= 15 is 0 Å². The van der Waals surface area contributed by atoms with E-state index in [4.69, 9.17) is 27.9 Å². The zero-order valence-electron chi connectivity index (χ0n) is 16.1. The Bertz CT molecular complexity index is 872. The SMILES string of the molecule is CCCCOc1cccc(C=NNC(=O)CCNC(=O)c2ccc(Cl)c(Cl)c2)c1. The van der Waals surface area contributed by atoms with Gasteiger partial charge in [-0.15, -0.1) is 0 Å². The Morgan fingerprint density at radius 1 is 1.14 bits per heavy atom. The van der Waals surface area contributed by atoms with Gasteiger partial charge < -0.3 is 10.1 Å². The van der Waals surface area contributed by atoms with E-state index in [0.29, 0.717) is 22.2 Å². The first-order chi connectivity index (χ1) is 14.0. The molecule has 0 atom stereocenters. The molecule has 2 rings (SSSR count). The average molecular weight is 436 g/mol. The van der Waals surface area contributed by atoms with Crippen LogP contribution in [0.2, 0.25) is 10.0 Å². The molecule has 0 saturated heterocycles. The van der Waals surface area contributed by atoms with Gasteiger partial charge >= 0.3 is 0 Å². The molecule has 2 amide bonds. The topological polar surface area (TPSA) is 79.8 Å². The average Bonchev–Trinajstić information content (AvgIpc) is 2.70. The van der Waals surface area contributed by atoms with Crippen molar-refractivity contribution < 1.29 is 14.3 Å². The van der Waals surface area contributed by atoms with E-state index in [1.807, 2.05) is 24.3 Å². The van der Waals surface area contributed by atoms with Crippen LogP contribution in [0, 0.1) is 0 Å². The van der Waals surface area contributed by atoms with Gasteiger partial charge in [0.1, 0.15) is 5.75 Å². The first-order valence-electron chi connectivity index (χ1n) is 9.27. The number of ether oxygens (including phenoxy) is 1.